The van der Waals surface area contributed by atoms with Crippen LogP contribution in [0.3, 0.4) is 0 Å². The van der Waals surface area contributed by atoms with Crippen molar-refractivity contribution in [3.8, 4) is 5.75 Å². The molecule has 4 rings (SSSR count). The lowest BCUT2D eigenvalue weighted by Crippen LogP contribution is -2.33. The SMILES string of the molecule is CCN(CC)CCCN1C(=O)c2oc3ccc(Br)cc3c(=O)c2C1c1cccc(OC)c1. The first-order valence-corrected chi connectivity index (χ1v) is 11.7. The Kier molecular flexibility index (Phi) is 6.67. The average Bonchev–Trinajstić information content (AvgIpc) is 3.09. The Labute approximate surface area is 195 Å². The van der Waals surface area contributed by atoms with Gasteiger partial charge in [-0.2, -0.15) is 0 Å². The second kappa shape index (κ2) is 9.46. The highest BCUT2D eigenvalue weighted by Crippen LogP contribution is 2.39. The van der Waals surface area contributed by atoms with E-state index in [1.165, 1.54) is 0 Å². The molecule has 7 heteroatoms. The smallest absolute Gasteiger partial charge is 0.290 e. The minimum Gasteiger partial charge on any atom is -0.497 e. The largest absolute Gasteiger partial charge is 0.497 e. The van der Waals surface area contributed by atoms with E-state index in [0.717, 1.165) is 36.1 Å². The quantitative estimate of drug-likeness (QED) is 0.444. The molecule has 2 heterocycles. The number of carbonyl (C=O) groups excluding carboxylic acids is 1. The first-order chi connectivity index (χ1) is 15.5. The van der Waals surface area contributed by atoms with Gasteiger partial charge in [0.15, 0.2) is 5.43 Å². The van der Waals surface area contributed by atoms with E-state index in [-0.39, 0.29) is 17.1 Å². The van der Waals surface area contributed by atoms with Gasteiger partial charge in [0.25, 0.3) is 5.91 Å². The molecule has 1 aliphatic heterocycles. The summed E-state index contributed by atoms with van der Waals surface area (Å²) in [5.74, 6) is 0.578. The Morgan fingerprint density at radius 2 is 1.91 bits per heavy atom. The normalized spacial score (nSPS) is 15.6. The van der Waals surface area contributed by atoms with Crippen LogP contribution >= 0.6 is 15.9 Å². The number of hydrogen-bond acceptors (Lipinski definition) is 5. The number of hydrogen-bond donors (Lipinski definition) is 0. The number of ether oxygens (including phenoxy) is 1. The molecule has 168 valence electrons. The zero-order valence-corrected chi connectivity index (χ0v) is 20.1. The molecule has 3 aromatic rings. The van der Waals surface area contributed by atoms with Gasteiger partial charge in [-0.25, -0.2) is 0 Å². The van der Waals surface area contributed by atoms with Gasteiger partial charge in [-0.3, -0.25) is 9.59 Å². The number of halogens is 1. The maximum absolute atomic E-state index is 13.6. The predicted octanol–water partition coefficient (Wildman–Crippen LogP) is 4.84. The van der Waals surface area contributed by atoms with Gasteiger partial charge in [-0.1, -0.05) is 41.9 Å². The number of fused-ring (bicyclic) bond motifs is 2. The molecule has 0 bridgehead atoms. The number of nitrogens with zero attached hydrogens (tertiary/aromatic N) is 2. The molecule has 0 fully saturated rings. The van der Waals surface area contributed by atoms with E-state index in [1.807, 2.05) is 24.3 Å². The van der Waals surface area contributed by atoms with Crippen LogP contribution in [0.5, 0.6) is 5.75 Å². The highest BCUT2D eigenvalue weighted by molar-refractivity contribution is 9.10. The summed E-state index contributed by atoms with van der Waals surface area (Å²) in [7, 11) is 1.61. The van der Waals surface area contributed by atoms with Gasteiger partial charge in [-0.15, -0.1) is 0 Å². The summed E-state index contributed by atoms with van der Waals surface area (Å²) >= 11 is 3.43. The molecule has 1 unspecified atom stereocenters. The third kappa shape index (κ3) is 4.07. The first-order valence-electron chi connectivity index (χ1n) is 10.9. The standard InChI is InChI=1S/C25H27BrN2O4/c1-4-27(5-2)12-7-13-28-22(16-8-6-9-18(14-16)31-3)21-23(29)19-15-17(26)10-11-20(19)32-24(21)25(28)30/h6,8-11,14-15,22H,4-5,7,12-13H2,1-3H3. The summed E-state index contributed by atoms with van der Waals surface area (Å²) in [4.78, 5) is 31.1. The van der Waals surface area contributed by atoms with Gasteiger partial charge in [0.2, 0.25) is 5.76 Å². The van der Waals surface area contributed by atoms with Gasteiger partial charge < -0.3 is 19.0 Å². The maximum atomic E-state index is 13.6. The molecule has 0 saturated heterocycles. The molecule has 2 aromatic carbocycles. The second-order valence-corrected chi connectivity index (χ2v) is 8.79. The number of methoxy groups -OCH3 is 1. The zero-order chi connectivity index (χ0) is 22.8. The van der Waals surface area contributed by atoms with Gasteiger partial charge in [-0.05, 0) is 62.0 Å². The van der Waals surface area contributed by atoms with Gasteiger partial charge in [0.1, 0.15) is 11.3 Å². The van der Waals surface area contributed by atoms with Crippen molar-refractivity contribution in [2.24, 2.45) is 0 Å². The van der Waals surface area contributed by atoms with E-state index < -0.39 is 6.04 Å². The summed E-state index contributed by atoms with van der Waals surface area (Å²) in [6.07, 6.45) is 0.807. The lowest BCUT2D eigenvalue weighted by Gasteiger charge is -2.27. The van der Waals surface area contributed by atoms with E-state index in [9.17, 15) is 9.59 Å². The number of amides is 1. The van der Waals surface area contributed by atoms with Crippen molar-refractivity contribution in [1.82, 2.24) is 9.80 Å². The molecule has 32 heavy (non-hydrogen) atoms. The molecule has 0 spiro atoms. The van der Waals surface area contributed by atoms with Crippen LogP contribution < -0.4 is 10.2 Å². The third-order valence-corrected chi connectivity index (χ3v) is 6.60. The average molecular weight is 499 g/mol. The maximum Gasteiger partial charge on any atom is 0.290 e. The van der Waals surface area contributed by atoms with Crippen molar-refractivity contribution in [3.63, 3.8) is 0 Å². The molecule has 1 amide bonds. The van der Waals surface area contributed by atoms with Crippen molar-refractivity contribution in [2.75, 3.05) is 33.3 Å². The monoisotopic (exact) mass is 498 g/mol. The minimum absolute atomic E-state index is 0.139. The fourth-order valence-electron chi connectivity index (χ4n) is 4.39. The number of carbonyl (C=O) groups is 1. The Balaban J connectivity index is 1.82. The van der Waals surface area contributed by atoms with Crippen molar-refractivity contribution < 1.29 is 13.9 Å². The summed E-state index contributed by atoms with van der Waals surface area (Å²) in [6, 6.07) is 12.3. The predicted molar refractivity (Wildman–Crippen MR) is 128 cm³/mol. The van der Waals surface area contributed by atoms with Crippen molar-refractivity contribution in [1.29, 1.82) is 0 Å². The van der Waals surface area contributed by atoms with Crippen molar-refractivity contribution >= 4 is 32.8 Å². The van der Waals surface area contributed by atoms with Crippen molar-refractivity contribution in [3.05, 3.63) is 74.0 Å². The highest BCUT2D eigenvalue weighted by atomic mass is 79.9. The van der Waals surface area contributed by atoms with E-state index in [0.29, 0.717) is 28.8 Å². The van der Waals surface area contributed by atoms with Crippen molar-refractivity contribution in [2.45, 2.75) is 26.3 Å². The third-order valence-electron chi connectivity index (χ3n) is 6.11. The number of benzene rings is 2. The molecule has 1 atom stereocenters. The lowest BCUT2D eigenvalue weighted by atomic mass is 9.98. The summed E-state index contributed by atoms with van der Waals surface area (Å²) in [5.41, 5.74) is 1.48. The van der Waals surface area contributed by atoms with E-state index in [2.05, 4.69) is 34.7 Å². The molecule has 1 aliphatic rings. The van der Waals surface area contributed by atoms with Gasteiger partial charge in [0.05, 0.1) is 24.1 Å². The van der Waals surface area contributed by atoms with Crippen LogP contribution in [0.1, 0.15) is 48.0 Å². The molecular weight excluding hydrogens is 472 g/mol. The summed E-state index contributed by atoms with van der Waals surface area (Å²) in [6.45, 7) is 7.60. The topological polar surface area (TPSA) is 63.0 Å². The molecule has 1 aromatic heterocycles. The Morgan fingerprint density at radius 1 is 1.12 bits per heavy atom. The minimum atomic E-state index is -0.510. The molecule has 0 saturated carbocycles. The van der Waals surface area contributed by atoms with E-state index in [4.69, 9.17) is 9.15 Å². The van der Waals surface area contributed by atoms with Crippen LogP contribution in [0.4, 0.5) is 0 Å². The molecule has 0 aliphatic carbocycles. The molecular formula is C25H27BrN2O4. The fourth-order valence-corrected chi connectivity index (χ4v) is 4.75. The van der Waals surface area contributed by atoms with Crippen LogP contribution in [0.25, 0.3) is 11.0 Å². The Bertz CT molecular complexity index is 1200. The summed E-state index contributed by atoms with van der Waals surface area (Å²) < 4.78 is 12.2. The van der Waals surface area contributed by atoms with Crippen LogP contribution in [0, 0.1) is 0 Å². The second-order valence-electron chi connectivity index (χ2n) is 7.87. The Hall–Kier alpha value is -2.64. The first kappa shape index (κ1) is 22.6. The zero-order valence-electron chi connectivity index (χ0n) is 18.6. The van der Waals surface area contributed by atoms with Crippen LogP contribution in [0.15, 0.2) is 56.1 Å². The van der Waals surface area contributed by atoms with Crippen LogP contribution in [-0.4, -0.2) is 49.0 Å². The van der Waals surface area contributed by atoms with Gasteiger partial charge in [0, 0.05) is 11.0 Å². The number of rotatable bonds is 8. The lowest BCUT2D eigenvalue weighted by molar-refractivity contribution is 0.0720. The Morgan fingerprint density at radius 3 is 2.62 bits per heavy atom. The highest BCUT2D eigenvalue weighted by Gasteiger charge is 2.42. The van der Waals surface area contributed by atoms with E-state index >= 15 is 0 Å². The van der Waals surface area contributed by atoms with Crippen LogP contribution in [-0.2, 0) is 0 Å². The van der Waals surface area contributed by atoms with E-state index in [1.54, 1.807) is 30.2 Å². The van der Waals surface area contributed by atoms with Gasteiger partial charge >= 0.3 is 0 Å². The fraction of sp³-hybridized carbons (Fsp3) is 0.360. The summed E-state index contributed by atoms with van der Waals surface area (Å²) in [5, 5.41) is 0.462. The van der Waals surface area contributed by atoms with Crippen LogP contribution in [0.2, 0.25) is 0 Å². The molecule has 0 radical (unpaired) electrons. The molecule has 0 N–H and O–H groups in total. The molecule has 6 nitrogen and oxygen atoms in total.